The van der Waals surface area contributed by atoms with Gasteiger partial charge in [-0.05, 0) is 44.2 Å². The van der Waals surface area contributed by atoms with Crippen LogP contribution in [0.1, 0.15) is 38.2 Å². The van der Waals surface area contributed by atoms with Crippen LogP contribution in [0.25, 0.3) is 0 Å². The Morgan fingerprint density at radius 3 is 2.82 bits per heavy atom. The molecule has 0 spiro atoms. The van der Waals surface area contributed by atoms with Crippen molar-refractivity contribution in [3.05, 3.63) is 24.0 Å². The largest absolute Gasteiger partial charge is 0.367 e. The van der Waals surface area contributed by atoms with Crippen molar-refractivity contribution in [2.24, 2.45) is 0 Å². The van der Waals surface area contributed by atoms with E-state index in [4.69, 9.17) is 0 Å². The van der Waals surface area contributed by atoms with Gasteiger partial charge in [0.2, 0.25) is 0 Å². The lowest BCUT2D eigenvalue weighted by Gasteiger charge is -2.25. The van der Waals surface area contributed by atoms with Gasteiger partial charge < -0.3 is 10.2 Å². The summed E-state index contributed by atoms with van der Waals surface area (Å²) >= 11 is 0. The molecule has 1 aromatic rings. The molecule has 1 N–H and O–H groups in total. The van der Waals surface area contributed by atoms with E-state index < -0.39 is 0 Å². The number of pyridine rings is 1. The van der Waals surface area contributed by atoms with Crippen molar-refractivity contribution in [2.45, 2.75) is 51.2 Å². The number of aromatic nitrogens is 1. The lowest BCUT2D eigenvalue weighted by atomic mass is 10.2. The first-order valence-electron chi connectivity index (χ1n) is 6.81. The molecule has 2 saturated carbocycles. The molecular weight excluding hydrogens is 210 g/mol. The maximum Gasteiger partial charge on any atom is 0.0600 e. The summed E-state index contributed by atoms with van der Waals surface area (Å²) in [6.07, 6.45) is 9.33. The standard InChI is InChI=1S/C14H21N3/c1-2-17(13-5-6-13)14-10-15-8-7-11(14)9-16-12-3-4-12/h7-8,10,12-13,16H,2-6,9H2,1H3. The van der Waals surface area contributed by atoms with E-state index in [0.717, 1.165) is 25.2 Å². The summed E-state index contributed by atoms with van der Waals surface area (Å²) in [4.78, 5) is 6.81. The lowest BCUT2D eigenvalue weighted by molar-refractivity contribution is 0.682. The normalized spacial score (nSPS) is 19.4. The van der Waals surface area contributed by atoms with Crippen LogP contribution in [0.4, 0.5) is 5.69 Å². The van der Waals surface area contributed by atoms with Gasteiger partial charge in [-0.3, -0.25) is 4.98 Å². The number of hydrogen-bond donors (Lipinski definition) is 1. The van der Waals surface area contributed by atoms with Gasteiger partial charge in [0.1, 0.15) is 0 Å². The fourth-order valence-corrected chi connectivity index (χ4v) is 2.38. The molecule has 3 rings (SSSR count). The molecule has 92 valence electrons. The van der Waals surface area contributed by atoms with Gasteiger partial charge in [0.05, 0.1) is 11.9 Å². The van der Waals surface area contributed by atoms with Crippen molar-refractivity contribution in [3.63, 3.8) is 0 Å². The van der Waals surface area contributed by atoms with E-state index in [1.54, 1.807) is 0 Å². The van der Waals surface area contributed by atoms with Gasteiger partial charge >= 0.3 is 0 Å². The van der Waals surface area contributed by atoms with Crippen LogP contribution >= 0.6 is 0 Å². The Kier molecular flexibility index (Phi) is 3.02. The molecule has 0 amide bonds. The van der Waals surface area contributed by atoms with Gasteiger partial charge in [0.25, 0.3) is 0 Å². The fourth-order valence-electron chi connectivity index (χ4n) is 2.38. The first-order chi connectivity index (χ1) is 8.38. The molecule has 2 aliphatic rings. The number of hydrogen-bond acceptors (Lipinski definition) is 3. The minimum absolute atomic E-state index is 0.767. The van der Waals surface area contributed by atoms with Crippen LogP contribution in [-0.4, -0.2) is 23.6 Å². The number of rotatable bonds is 6. The molecule has 17 heavy (non-hydrogen) atoms. The van der Waals surface area contributed by atoms with E-state index in [1.165, 1.54) is 36.9 Å². The minimum Gasteiger partial charge on any atom is -0.367 e. The number of anilines is 1. The molecule has 1 aromatic heterocycles. The van der Waals surface area contributed by atoms with E-state index in [1.807, 2.05) is 12.4 Å². The van der Waals surface area contributed by atoms with Gasteiger partial charge in [-0.15, -0.1) is 0 Å². The summed E-state index contributed by atoms with van der Waals surface area (Å²) in [6, 6.07) is 3.70. The van der Waals surface area contributed by atoms with Crippen molar-refractivity contribution in [3.8, 4) is 0 Å². The molecule has 3 nitrogen and oxygen atoms in total. The summed E-state index contributed by atoms with van der Waals surface area (Å²) < 4.78 is 0. The highest BCUT2D eigenvalue weighted by Gasteiger charge is 2.29. The van der Waals surface area contributed by atoms with E-state index in [0.29, 0.717) is 0 Å². The summed E-state index contributed by atoms with van der Waals surface area (Å²) in [5, 5.41) is 3.60. The Labute approximate surface area is 103 Å². The third kappa shape index (κ3) is 2.60. The second-order valence-corrected chi connectivity index (χ2v) is 5.18. The van der Waals surface area contributed by atoms with Crippen molar-refractivity contribution in [1.29, 1.82) is 0 Å². The number of nitrogens with one attached hydrogen (secondary N) is 1. The minimum atomic E-state index is 0.767. The first kappa shape index (κ1) is 11.0. The van der Waals surface area contributed by atoms with Crippen LogP contribution in [0.5, 0.6) is 0 Å². The second kappa shape index (κ2) is 4.65. The van der Waals surface area contributed by atoms with E-state index in [2.05, 4.69) is 28.2 Å². The monoisotopic (exact) mass is 231 g/mol. The van der Waals surface area contributed by atoms with Gasteiger partial charge in [-0.1, -0.05) is 0 Å². The first-order valence-corrected chi connectivity index (χ1v) is 6.81. The predicted molar refractivity (Wildman–Crippen MR) is 70.1 cm³/mol. The molecule has 0 aromatic carbocycles. The number of nitrogens with zero attached hydrogens (tertiary/aromatic N) is 2. The Morgan fingerprint density at radius 2 is 2.18 bits per heavy atom. The van der Waals surface area contributed by atoms with Crippen LogP contribution in [0.2, 0.25) is 0 Å². The average Bonchev–Trinajstić information content (AvgIpc) is 3.23. The van der Waals surface area contributed by atoms with Crippen LogP contribution in [0.3, 0.4) is 0 Å². The van der Waals surface area contributed by atoms with E-state index in [9.17, 15) is 0 Å². The molecule has 0 atom stereocenters. The molecule has 2 aliphatic carbocycles. The Morgan fingerprint density at radius 1 is 1.35 bits per heavy atom. The maximum atomic E-state index is 4.30. The zero-order valence-electron chi connectivity index (χ0n) is 10.5. The molecule has 0 bridgehead atoms. The van der Waals surface area contributed by atoms with Crippen molar-refractivity contribution >= 4 is 5.69 Å². The second-order valence-electron chi connectivity index (χ2n) is 5.18. The van der Waals surface area contributed by atoms with Crippen molar-refractivity contribution < 1.29 is 0 Å². The van der Waals surface area contributed by atoms with Gasteiger partial charge in [0.15, 0.2) is 0 Å². The molecule has 0 radical (unpaired) electrons. The Bertz CT molecular complexity index is 383. The summed E-state index contributed by atoms with van der Waals surface area (Å²) in [6.45, 7) is 4.32. The third-order valence-electron chi connectivity index (χ3n) is 3.68. The SMILES string of the molecule is CCN(c1cnccc1CNC1CC1)C1CC1. The highest BCUT2D eigenvalue weighted by molar-refractivity contribution is 5.53. The van der Waals surface area contributed by atoms with Crippen LogP contribution in [-0.2, 0) is 6.54 Å². The summed E-state index contributed by atoms with van der Waals surface area (Å²) in [5.74, 6) is 0. The molecule has 2 fully saturated rings. The third-order valence-corrected chi connectivity index (χ3v) is 3.68. The smallest absolute Gasteiger partial charge is 0.0600 e. The lowest BCUT2D eigenvalue weighted by Crippen LogP contribution is -2.27. The van der Waals surface area contributed by atoms with Crippen LogP contribution in [0.15, 0.2) is 18.5 Å². The zero-order valence-corrected chi connectivity index (χ0v) is 10.5. The molecule has 1 heterocycles. The van der Waals surface area contributed by atoms with Gasteiger partial charge in [-0.25, -0.2) is 0 Å². The fraction of sp³-hybridized carbons (Fsp3) is 0.643. The van der Waals surface area contributed by atoms with Gasteiger partial charge in [0, 0.05) is 31.4 Å². The van der Waals surface area contributed by atoms with Crippen LogP contribution in [0, 0.1) is 0 Å². The van der Waals surface area contributed by atoms with Gasteiger partial charge in [-0.2, -0.15) is 0 Å². The average molecular weight is 231 g/mol. The molecule has 3 heteroatoms. The molecular formula is C14H21N3. The highest BCUT2D eigenvalue weighted by Crippen LogP contribution is 2.33. The van der Waals surface area contributed by atoms with E-state index in [-0.39, 0.29) is 0 Å². The molecule has 0 saturated heterocycles. The summed E-state index contributed by atoms with van der Waals surface area (Å²) in [7, 11) is 0. The van der Waals surface area contributed by atoms with Crippen molar-refractivity contribution in [2.75, 3.05) is 11.4 Å². The highest BCUT2D eigenvalue weighted by atomic mass is 15.2. The molecule has 0 unspecified atom stereocenters. The predicted octanol–water partition coefficient (Wildman–Crippen LogP) is 2.32. The van der Waals surface area contributed by atoms with E-state index >= 15 is 0 Å². The topological polar surface area (TPSA) is 28.2 Å². The van der Waals surface area contributed by atoms with Crippen molar-refractivity contribution in [1.82, 2.24) is 10.3 Å². The summed E-state index contributed by atoms with van der Waals surface area (Å²) in [5.41, 5.74) is 2.74. The maximum absolute atomic E-state index is 4.30. The zero-order chi connectivity index (χ0) is 11.7. The Balaban J connectivity index is 1.75. The van der Waals surface area contributed by atoms with Crippen LogP contribution < -0.4 is 10.2 Å². The quantitative estimate of drug-likeness (QED) is 0.814. The molecule has 0 aliphatic heterocycles. The Hall–Kier alpha value is -1.09.